The number of benzene rings is 8. The zero-order valence-corrected chi connectivity index (χ0v) is 28.6. The Morgan fingerprint density at radius 1 is 0.353 bits per heavy atom. The fourth-order valence-corrected chi connectivity index (χ4v) is 10.2. The van der Waals surface area contributed by atoms with Gasteiger partial charge in [-0.25, -0.2) is 0 Å². The van der Waals surface area contributed by atoms with E-state index in [-0.39, 0.29) is 5.41 Å². The topological polar surface area (TPSA) is 3.24 Å². The zero-order valence-electron chi connectivity index (χ0n) is 27.8. The van der Waals surface area contributed by atoms with Gasteiger partial charge in [0.1, 0.15) is 0 Å². The van der Waals surface area contributed by atoms with Crippen LogP contribution < -0.4 is 4.90 Å². The predicted octanol–water partition coefficient (Wildman–Crippen LogP) is 13.5. The summed E-state index contributed by atoms with van der Waals surface area (Å²) < 4.78 is 2.66. The minimum Gasteiger partial charge on any atom is -0.310 e. The third kappa shape index (κ3) is 3.97. The van der Waals surface area contributed by atoms with Crippen molar-refractivity contribution >= 4 is 48.6 Å². The predicted molar refractivity (Wildman–Crippen MR) is 216 cm³/mol. The van der Waals surface area contributed by atoms with E-state index in [0.717, 1.165) is 17.1 Å². The van der Waals surface area contributed by atoms with E-state index in [2.05, 4.69) is 193 Å². The highest BCUT2D eigenvalue weighted by molar-refractivity contribution is 7.25. The van der Waals surface area contributed by atoms with Crippen molar-refractivity contribution in [2.45, 2.75) is 5.41 Å². The molecule has 9 aromatic rings. The third-order valence-corrected chi connectivity index (χ3v) is 12.2. The number of rotatable bonds is 4. The lowest BCUT2D eigenvalue weighted by molar-refractivity contribution is 0.794. The molecule has 0 radical (unpaired) electrons. The molecule has 0 saturated heterocycles. The number of thiophene rings is 1. The van der Waals surface area contributed by atoms with Crippen molar-refractivity contribution in [3.8, 4) is 33.4 Å². The summed E-state index contributed by atoms with van der Waals surface area (Å²) in [7, 11) is 0. The first-order chi connectivity index (χ1) is 25.3. The largest absolute Gasteiger partial charge is 0.310 e. The Labute approximate surface area is 301 Å². The van der Waals surface area contributed by atoms with E-state index in [9.17, 15) is 0 Å². The lowest BCUT2D eigenvalue weighted by Crippen LogP contribution is -2.25. The SMILES string of the molecule is c1ccc(N(c2ccc(-c3cccc4sc5ccccc5c34)cc2)c2ccc3c(c2)-c2ccccc2C32c3ccccc3-c3ccccc32)cc1. The summed E-state index contributed by atoms with van der Waals surface area (Å²) in [4.78, 5) is 2.40. The highest BCUT2D eigenvalue weighted by Crippen LogP contribution is 2.63. The molecule has 0 N–H and O–H groups in total. The van der Waals surface area contributed by atoms with E-state index in [1.165, 1.54) is 75.8 Å². The van der Waals surface area contributed by atoms with Crippen LogP contribution in [0.25, 0.3) is 53.6 Å². The summed E-state index contributed by atoms with van der Waals surface area (Å²) in [6.07, 6.45) is 0. The second-order valence-electron chi connectivity index (χ2n) is 13.6. The summed E-state index contributed by atoms with van der Waals surface area (Å²) >= 11 is 1.87. The van der Waals surface area contributed by atoms with Gasteiger partial charge < -0.3 is 4.90 Å². The van der Waals surface area contributed by atoms with Gasteiger partial charge in [-0.2, -0.15) is 0 Å². The second-order valence-corrected chi connectivity index (χ2v) is 14.7. The van der Waals surface area contributed by atoms with E-state index in [1.807, 2.05) is 11.3 Å². The molecular formula is C49H31NS. The molecule has 0 amide bonds. The molecule has 51 heavy (non-hydrogen) atoms. The van der Waals surface area contributed by atoms with Crippen molar-refractivity contribution in [1.82, 2.24) is 0 Å². The Hall–Kier alpha value is -6.22. The zero-order chi connectivity index (χ0) is 33.5. The van der Waals surface area contributed by atoms with Crippen molar-refractivity contribution in [3.63, 3.8) is 0 Å². The van der Waals surface area contributed by atoms with Crippen LogP contribution >= 0.6 is 11.3 Å². The number of hydrogen-bond donors (Lipinski definition) is 0. The van der Waals surface area contributed by atoms with Gasteiger partial charge >= 0.3 is 0 Å². The molecule has 0 fully saturated rings. The molecule has 0 atom stereocenters. The van der Waals surface area contributed by atoms with Crippen LogP contribution in [0, 0.1) is 0 Å². The molecule has 2 aliphatic rings. The Morgan fingerprint density at radius 2 is 0.863 bits per heavy atom. The smallest absolute Gasteiger partial charge is 0.0725 e. The Kier molecular flexibility index (Phi) is 6.11. The van der Waals surface area contributed by atoms with Crippen LogP contribution in [0.4, 0.5) is 17.1 Å². The maximum Gasteiger partial charge on any atom is 0.0725 e. The fourth-order valence-electron chi connectivity index (χ4n) is 9.06. The van der Waals surface area contributed by atoms with Crippen LogP contribution in [-0.4, -0.2) is 0 Å². The first-order valence-corrected chi connectivity index (χ1v) is 18.4. The van der Waals surface area contributed by atoms with Crippen LogP contribution in [0.5, 0.6) is 0 Å². The third-order valence-electron chi connectivity index (χ3n) is 11.1. The van der Waals surface area contributed by atoms with Gasteiger partial charge in [-0.05, 0) is 104 Å². The highest BCUT2D eigenvalue weighted by Gasteiger charge is 2.51. The van der Waals surface area contributed by atoms with Crippen molar-refractivity contribution in [2.75, 3.05) is 4.90 Å². The molecule has 238 valence electrons. The van der Waals surface area contributed by atoms with E-state index in [0.29, 0.717) is 0 Å². The highest BCUT2D eigenvalue weighted by atomic mass is 32.1. The van der Waals surface area contributed by atoms with Crippen molar-refractivity contribution in [3.05, 3.63) is 210 Å². The van der Waals surface area contributed by atoms with E-state index in [1.54, 1.807) is 0 Å². The average molecular weight is 666 g/mol. The van der Waals surface area contributed by atoms with Crippen molar-refractivity contribution in [1.29, 1.82) is 0 Å². The number of fused-ring (bicyclic) bond motifs is 13. The van der Waals surface area contributed by atoms with Crippen LogP contribution in [0.3, 0.4) is 0 Å². The van der Waals surface area contributed by atoms with Gasteiger partial charge in [-0.1, -0.05) is 140 Å². The Morgan fingerprint density at radius 3 is 1.57 bits per heavy atom. The quantitative estimate of drug-likeness (QED) is 0.181. The average Bonchev–Trinajstić information content (AvgIpc) is 3.83. The molecule has 1 spiro atoms. The van der Waals surface area contributed by atoms with Crippen molar-refractivity contribution < 1.29 is 0 Å². The number of nitrogens with zero attached hydrogens (tertiary/aromatic N) is 1. The van der Waals surface area contributed by atoms with E-state index >= 15 is 0 Å². The van der Waals surface area contributed by atoms with Crippen LogP contribution in [-0.2, 0) is 5.41 Å². The molecule has 0 aliphatic heterocycles. The van der Waals surface area contributed by atoms with Gasteiger partial charge in [0.05, 0.1) is 5.41 Å². The lowest BCUT2D eigenvalue weighted by atomic mass is 9.70. The molecule has 0 unspecified atom stereocenters. The van der Waals surface area contributed by atoms with Gasteiger partial charge in [0, 0.05) is 37.2 Å². The number of hydrogen-bond acceptors (Lipinski definition) is 2. The molecule has 0 bridgehead atoms. The molecular weight excluding hydrogens is 635 g/mol. The molecule has 1 heterocycles. The molecule has 0 saturated carbocycles. The number of anilines is 3. The Bertz CT molecular complexity index is 2760. The summed E-state index contributed by atoms with van der Waals surface area (Å²) in [5.41, 5.74) is 16.3. The molecule has 2 aliphatic carbocycles. The van der Waals surface area contributed by atoms with Gasteiger partial charge in [0.15, 0.2) is 0 Å². The molecule has 1 nitrogen and oxygen atoms in total. The minimum absolute atomic E-state index is 0.344. The molecule has 1 aromatic heterocycles. The van der Waals surface area contributed by atoms with Gasteiger partial charge in [0.25, 0.3) is 0 Å². The first-order valence-electron chi connectivity index (χ1n) is 17.6. The minimum atomic E-state index is -0.344. The van der Waals surface area contributed by atoms with Crippen molar-refractivity contribution in [2.24, 2.45) is 0 Å². The summed E-state index contributed by atoms with van der Waals surface area (Å²) in [5, 5.41) is 2.67. The summed E-state index contributed by atoms with van der Waals surface area (Å²) in [6.45, 7) is 0. The van der Waals surface area contributed by atoms with Crippen LogP contribution in [0.15, 0.2) is 188 Å². The van der Waals surface area contributed by atoms with Gasteiger partial charge in [0.2, 0.25) is 0 Å². The lowest BCUT2D eigenvalue weighted by Gasteiger charge is -2.31. The summed E-state index contributed by atoms with van der Waals surface area (Å²) in [6, 6.07) is 69.5. The second kappa shape index (κ2) is 10.9. The van der Waals surface area contributed by atoms with Gasteiger partial charge in [-0.3, -0.25) is 0 Å². The maximum absolute atomic E-state index is 2.42. The monoisotopic (exact) mass is 665 g/mol. The number of para-hydroxylation sites is 1. The van der Waals surface area contributed by atoms with Crippen LogP contribution in [0.2, 0.25) is 0 Å². The van der Waals surface area contributed by atoms with Gasteiger partial charge in [-0.15, -0.1) is 11.3 Å². The standard InChI is InChI=1S/C49H31NS/c1-2-13-33(14-3-1)50(34-27-25-32(26-28-34)36-19-12-24-47-48(36)40-18-7-11-23-46(40)51-47)35-29-30-45-41(31-35)39-17-6-10-22-44(39)49(45)42-20-8-4-15-37(42)38-16-5-9-21-43(38)49/h1-31H. The summed E-state index contributed by atoms with van der Waals surface area (Å²) in [5.74, 6) is 0. The van der Waals surface area contributed by atoms with E-state index in [4.69, 9.17) is 0 Å². The van der Waals surface area contributed by atoms with Crippen LogP contribution in [0.1, 0.15) is 22.3 Å². The first kappa shape index (κ1) is 28.6. The molecule has 8 aromatic carbocycles. The maximum atomic E-state index is 2.42. The normalized spacial score (nSPS) is 13.3. The molecule has 2 heteroatoms. The molecule has 11 rings (SSSR count). The van der Waals surface area contributed by atoms with E-state index < -0.39 is 0 Å². The fraction of sp³-hybridized carbons (Fsp3) is 0.0204. The Balaban J connectivity index is 1.09.